The molecule has 0 fully saturated rings. The van der Waals surface area contributed by atoms with Crippen LogP contribution in [0.15, 0.2) is 12.1 Å². The maximum absolute atomic E-state index is 13.0. The second kappa shape index (κ2) is 5.03. The molecule has 0 aliphatic heterocycles. The van der Waals surface area contributed by atoms with Gasteiger partial charge in [0, 0.05) is 12.5 Å². The van der Waals surface area contributed by atoms with Crippen LogP contribution in [0.2, 0.25) is 0 Å². The molecule has 5 heteroatoms. The van der Waals surface area contributed by atoms with Crippen LogP contribution in [0, 0.1) is 18.6 Å². The number of aliphatic carboxylic acids is 1. The van der Waals surface area contributed by atoms with Crippen molar-refractivity contribution in [3.05, 3.63) is 34.9 Å². The Morgan fingerprint density at radius 1 is 1.44 bits per heavy atom. The Hall–Kier alpha value is -1.49. The molecule has 0 bridgehead atoms. The molecule has 1 unspecified atom stereocenters. The van der Waals surface area contributed by atoms with Gasteiger partial charge in [-0.15, -0.1) is 0 Å². The molecule has 0 spiro atoms. The summed E-state index contributed by atoms with van der Waals surface area (Å²) < 4.78 is 25.8. The van der Waals surface area contributed by atoms with E-state index in [0.29, 0.717) is 11.1 Å². The highest BCUT2D eigenvalue weighted by Gasteiger charge is 2.14. The number of aryl methyl sites for hydroxylation is 1. The number of carboxylic acid groups (broad SMARTS) is 1. The van der Waals surface area contributed by atoms with Crippen molar-refractivity contribution < 1.29 is 18.7 Å². The van der Waals surface area contributed by atoms with Crippen molar-refractivity contribution in [3.63, 3.8) is 0 Å². The lowest BCUT2D eigenvalue weighted by atomic mass is 9.98. The van der Waals surface area contributed by atoms with Crippen LogP contribution >= 0.6 is 0 Å². The highest BCUT2D eigenvalue weighted by Crippen LogP contribution is 2.22. The van der Waals surface area contributed by atoms with Crippen LogP contribution in [0.25, 0.3) is 0 Å². The van der Waals surface area contributed by atoms with E-state index in [2.05, 4.69) is 0 Å². The van der Waals surface area contributed by atoms with E-state index in [-0.39, 0.29) is 12.8 Å². The Balaban J connectivity index is 2.86. The predicted molar refractivity (Wildman–Crippen MR) is 54.9 cm³/mol. The fourth-order valence-corrected chi connectivity index (χ4v) is 1.50. The van der Waals surface area contributed by atoms with Crippen LogP contribution in [0.5, 0.6) is 0 Å². The van der Waals surface area contributed by atoms with E-state index in [1.165, 1.54) is 0 Å². The normalized spacial score (nSPS) is 12.5. The topological polar surface area (TPSA) is 63.3 Å². The number of halogens is 2. The first kappa shape index (κ1) is 12.6. The second-order valence-corrected chi connectivity index (χ2v) is 3.66. The van der Waals surface area contributed by atoms with Crippen LogP contribution in [0.3, 0.4) is 0 Å². The third kappa shape index (κ3) is 3.00. The van der Waals surface area contributed by atoms with E-state index in [9.17, 15) is 13.6 Å². The lowest BCUT2D eigenvalue weighted by Crippen LogP contribution is -2.14. The monoisotopic (exact) mass is 229 g/mol. The van der Waals surface area contributed by atoms with Crippen molar-refractivity contribution in [2.24, 2.45) is 5.73 Å². The first-order valence-corrected chi connectivity index (χ1v) is 4.84. The smallest absolute Gasteiger partial charge is 0.303 e. The van der Waals surface area contributed by atoms with Gasteiger partial charge in [0.25, 0.3) is 0 Å². The van der Waals surface area contributed by atoms with Gasteiger partial charge in [0.05, 0.1) is 0 Å². The molecule has 88 valence electrons. The van der Waals surface area contributed by atoms with Crippen molar-refractivity contribution in [1.82, 2.24) is 0 Å². The molecule has 0 saturated heterocycles. The maximum atomic E-state index is 13.0. The lowest BCUT2D eigenvalue weighted by Gasteiger charge is -2.14. The summed E-state index contributed by atoms with van der Waals surface area (Å²) in [5, 5.41) is 8.49. The van der Waals surface area contributed by atoms with Crippen LogP contribution < -0.4 is 5.73 Å². The average Bonchev–Trinajstić information content (AvgIpc) is 2.20. The van der Waals surface area contributed by atoms with Crippen LogP contribution in [-0.4, -0.2) is 11.1 Å². The number of carboxylic acids is 1. The average molecular weight is 229 g/mol. The molecule has 0 aromatic heterocycles. The minimum absolute atomic E-state index is 0.0976. The first-order valence-electron chi connectivity index (χ1n) is 4.84. The second-order valence-electron chi connectivity index (χ2n) is 3.66. The molecule has 16 heavy (non-hydrogen) atoms. The van der Waals surface area contributed by atoms with Gasteiger partial charge in [0.2, 0.25) is 0 Å². The Morgan fingerprint density at radius 3 is 2.56 bits per heavy atom. The molecule has 3 nitrogen and oxygen atoms in total. The molecule has 0 aliphatic rings. The predicted octanol–water partition coefficient (Wildman–Crippen LogP) is 2.14. The zero-order chi connectivity index (χ0) is 12.3. The molecule has 1 rings (SSSR count). The summed E-state index contributed by atoms with van der Waals surface area (Å²) in [4.78, 5) is 10.4. The Morgan fingerprint density at radius 2 is 2.00 bits per heavy atom. The Bertz CT molecular complexity index is 407. The zero-order valence-electron chi connectivity index (χ0n) is 8.84. The summed E-state index contributed by atoms with van der Waals surface area (Å²) in [6.07, 6.45) is 0.0981. The summed E-state index contributed by atoms with van der Waals surface area (Å²) in [6, 6.07) is 1.49. The first-order chi connectivity index (χ1) is 7.41. The molecule has 1 atom stereocenters. The largest absolute Gasteiger partial charge is 0.481 e. The molecule has 3 N–H and O–H groups in total. The fraction of sp³-hybridized carbons (Fsp3) is 0.364. The molecular formula is C11H13F2NO2. The van der Waals surface area contributed by atoms with E-state index in [0.717, 1.165) is 12.1 Å². The van der Waals surface area contributed by atoms with Crippen molar-refractivity contribution in [3.8, 4) is 0 Å². The van der Waals surface area contributed by atoms with Crippen molar-refractivity contribution in [1.29, 1.82) is 0 Å². The molecule has 0 heterocycles. The number of nitrogens with two attached hydrogens (primary N) is 1. The minimum atomic E-state index is -0.966. The van der Waals surface area contributed by atoms with Gasteiger partial charge in [-0.05, 0) is 36.6 Å². The van der Waals surface area contributed by atoms with Gasteiger partial charge >= 0.3 is 5.97 Å². The van der Waals surface area contributed by atoms with Gasteiger partial charge in [0.1, 0.15) is 0 Å². The van der Waals surface area contributed by atoms with E-state index >= 15 is 0 Å². The van der Waals surface area contributed by atoms with Gasteiger partial charge in [-0.3, -0.25) is 4.79 Å². The van der Waals surface area contributed by atoms with Gasteiger partial charge < -0.3 is 10.8 Å². The van der Waals surface area contributed by atoms with E-state index in [1.54, 1.807) is 6.92 Å². The van der Waals surface area contributed by atoms with Gasteiger partial charge in [-0.25, -0.2) is 8.78 Å². The number of hydrogen-bond acceptors (Lipinski definition) is 2. The lowest BCUT2D eigenvalue weighted by molar-refractivity contribution is -0.137. The summed E-state index contributed by atoms with van der Waals surface area (Å²) in [5.41, 5.74) is 6.68. The SMILES string of the molecule is Cc1cc(F)c(F)cc1C(N)CCC(=O)O. The Labute approximate surface area is 91.9 Å². The molecular weight excluding hydrogens is 216 g/mol. The van der Waals surface area contributed by atoms with Crippen LogP contribution in [0.1, 0.15) is 30.0 Å². The number of hydrogen-bond donors (Lipinski definition) is 2. The number of carbonyl (C=O) groups is 1. The van der Waals surface area contributed by atoms with Crippen molar-refractivity contribution >= 4 is 5.97 Å². The standard InChI is InChI=1S/C11H13F2NO2/c1-6-4-8(12)9(13)5-7(6)10(14)2-3-11(15)16/h4-5,10H,2-3,14H2,1H3,(H,15,16). The third-order valence-corrected chi connectivity index (χ3v) is 2.38. The zero-order valence-corrected chi connectivity index (χ0v) is 8.84. The number of rotatable bonds is 4. The van der Waals surface area contributed by atoms with Gasteiger partial charge in [-0.1, -0.05) is 0 Å². The van der Waals surface area contributed by atoms with Gasteiger partial charge in [-0.2, -0.15) is 0 Å². The van der Waals surface area contributed by atoms with E-state index in [1.807, 2.05) is 0 Å². The highest BCUT2D eigenvalue weighted by molar-refractivity contribution is 5.66. The van der Waals surface area contributed by atoms with E-state index in [4.69, 9.17) is 10.8 Å². The summed E-state index contributed by atoms with van der Waals surface area (Å²) in [5.74, 6) is -2.85. The van der Waals surface area contributed by atoms with Crippen molar-refractivity contribution in [2.75, 3.05) is 0 Å². The summed E-state index contributed by atoms with van der Waals surface area (Å²) in [7, 11) is 0. The van der Waals surface area contributed by atoms with E-state index < -0.39 is 23.6 Å². The third-order valence-electron chi connectivity index (χ3n) is 2.38. The molecule has 1 aromatic carbocycles. The Kier molecular flexibility index (Phi) is 3.95. The molecule has 0 amide bonds. The van der Waals surface area contributed by atoms with Crippen LogP contribution in [-0.2, 0) is 4.79 Å². The molecule has 0 radical (unpaired) electrons. The van der Waals surface area contributed by atoms with Gasteiger partial charge in [0.15, 0.2) is 11.6 Å². The minimum Gasteiger partial charge on any atom is -0.481 e. The molecule has 1 aromatic rings. The highest BCUT2D eigenvalue weighted by atomic mass is 19.2. The van der Waals surface area contributed by atoms with Crippen molar-refractivity contribution in [2.45, 2.75) is 25.8 Å². The summed E-state index contributed by atoms with van der Waals surface area (Å²) in [6.45, 7) is 1.61. The fourth-order valence-electron chi connectivity index (χ4n) is 1.50. The summed E-state index contributed by atoms with van der Waals surface area (Å²) >= 11 is 0. The molecule has 0 aliphatic carbocycles. The number of benzene rings is 1. The van der Waals surface area contributed by atoms with Crippen LogP contribution in [0.4, 0.5) is 8.78 Å². The molecule has 0 saturated carbocycles. The quantitative estimate of drug-likeness (QED) is 0.831. The maximum Gasteiger partial charge on any atom is 0.303 e.